The Labute approximate surface area is 594 Å². The number of aliphatic hydroxyl groups is 3. The average molecular weight is 1330 g/mol. The summed E-state index contributed by atoms with van der Waals surface area (Å²) in [6.45, 7) is 16.7. The van der Waals surface area contributed by atoms with Gasteiger partial charge in [-0.1, -0.05) is 319 Å². The van der Waals surface area contributed by atoms with E-state index in [0.29, 0.717) is 13.0 Å². The first-order chi connectivity index (χ1) is 46.7. The fraction of sp³-hybridized carbons (Fsp3) is 0.809. The van der Waals surface area contributed by atoms with Gasteiger partial charge in [0, 0.05) is 13.2 Å². The molecule has 0 atom stereocenters. The molecule has 6 heteroatoms. The minimum absolute atomic E-state index is 0.0927. The van der Waals surface area contributed by atoms with Crippen molar-refractivity contribution < 1.29 is 24.9 Å². The molecule has 556 valence electrons. The molecule has 0 rings (SSSR count). The first-order valence-electron chi connectivity index (χ1n) is 41.8. The summed E-state index contributed by atoms with van der Waals surface area (Å²) >= 11 is 0. The van der Waals surface area contributed by atoms with Gasteiger partial charge in [0.15, 0.2) is 0 Å². The van der Waals surface area contributed by atoms with Crippen LogP contribution in [0.3, 0.4) is 0 Å². The molecule has 0 aliphatic heterocycles. The predicted molar refractivity (Wildman–Crippen MR) is 424 cm³/mol. The Morgan fingerprint density at radius 1 is 0.295 bits per heavy atom. The molecular formula is C89H165NO5. The number of carbonyl (C=O) groups excluding carboxylic acids is 1. The van der Waals surface area contributed by atoms with Crippen molar-refractivity contribution in [2.45, 2.75) is 432 Å². The molecule has 0 spiro atoms. The number of unbranched alkanes of at least 4 members (excludes halogenated alkanes) is 38. The van der Waals surface area contributed by atoms with Gasteiger partial charge in [0.1, 0.15) is 0 Å². The first-order valence-corrected chi connectivity index (χ1v) is 41.8. The van der Waals surface area contributed by atoms with Crippen LogP contribution in [0.1, 0.15) is 420 Å². The molecule has 0 aromatic carbocycles. The lowest BCUT2D eigenvalue weighted by Crippen LogP contribution is -2.29. The summed E-state index contributed by atoms with van der Waals surface area (Å²) in [4.78, 5) is 14.4. The minimum atomic E-state index is -0.572. The van der Waals surface area contributed by atoms with E-state index in [9.17, 15) is 20.1 Å². The van der Waals surface area contributed by atoms with Gasteiger partial charge in [-0.3, -0.25) is 4.79 Å². The summed E-state index contributed by atoms with van der Waals surface area (Å²) < 4.78 is 5.52. The highest BCUT2D eigenvalue weighted by Crippen LogP contribution is 2.30. The van der Waals surface area contributed by atoms with E-state index in [1.54, 1.807) is 0 Å². The second-order valence-corrected chi connectivity index (χ2v) is 28.4. The van der Waals surface area contributed by atoms with Crippen molar-refractivity contribution in [2.24, 2.45) is 0 Å². The van der Waals surface area contributed by atoms with Gasteiger partial charge in [-0.2, -0.15) is 0 Å². The third-order valence-electron chi connectivity index (χ3n) is 19.2. The summed E-state index contributed by atoms with van der Waals surface area (Å²) in [7, 11) is 0. The topological polar surface area (TPSA) is 90.2 Å². The monoisotopic (exact) mass is 1330 g/mol. The maximum absolute atomic E-state index is 12.2. The fourth-order valence-corrected chi connectivity index (χ4v) is 12.7. The Kier molecular flexibility index (Phi) is 79.6. The molecule has 0 amide bonds. The standard InChI is InChI=1S/C48H89NO3.C41H76O2/c1-5-9-11-13-15-17-19-21-23-25-27-29-31-33-35-37-42-48(51,44-39-40-46-52-47(50)41-45-49(7-3)8-4)43-38-36-34-32-30-28-26-24-22-20-18-16-14-12-10-6-2;1-3-5-7-9-11-13-15-17-19-21-23-25-27-29-31-33-37-41(43,39-35-36-40-42)38-34-32-30-28-26-24-22-20-18-16-14-12-10-8-6-4-2/h15-18,21-24,51H,5-14,19-20,25-46H2,1-4H3;11-14,17-20,42-43H,3-10,15-16,21-40H2,1-2H3/b17-15-,18-16-,23-21-,24-22-;13-11-,14-12-,19-17-,20-18-. The van der Waals surface area contributed by atoms with Crippen LogP contribution in [0.4, 0.5) is 0 Å². The smallest absolute Gasteiger partial charge is 0.307 e. The van der Waals surface area contributed by atoms with Crippen molar-refractivity contribution in [1.82, 2.24) is 4.90 Å². The summed E-state index contributed by atoms with van der Waals surface area (Å²) in [6.07, 6.45) is 107. The molecule has 0 aromatic rings. The maximum Gasteiger partial charge on any atom is 0.307 e. The van der Waals surface area contributed by atoms with Gasteiger partial charge in [0.05, 0.1) is 24.2 Å². The third kappa shape index (κ3) is 76.8. The fourth-order valence-electron chi connectivity index (χ4n) is 12.7. The quantitative estimate of drug-likeness (QED) is 0.0319. The molecule has 3 N–H and O–H groups in total. The number of hydrogen-bond acceptors (Lipinski definition) is 6. The minimum Gasteiger partial charge on any atom is -0.466 e. The summed E-state index contributed by atoms with van der Waals surface area (Å²) in [5.41, 5.74) is -1.09. The molecule has 95 heavy (non-hydrogen) atoms. The average Bonchev–Trinajstić information content (AvgIpc) is 2.20. The molecule has 0 aromatic heterocycles. The summed E-state index contributed by atoms with van der Waals surface area (Å²) in [5.74, 6) is -0.0927. The van der Waals surface area contributed by atoms with Crippen molar-refractivity contribution >= 4 is 5.97 Å². The molecule has 0 bridgehead atoms. The molecule has 0 saturated carbocycles. The molecule has 0 unspecified atom stereocenters. The normalized spacial score (nSPS) is 12.7. The van der Waals surface area contributed by atoms with Crippen LogP contribution in [0, 0.1) is 0 Å². The summed E-state index contributed by atoms with van der Waals surface area (Å²) in [6, 6.07) is 0. The number of aliphatic hydroxyl groups excluding tert-OH is 1. The Hall–Kier alpha value is -2.77. The highest BCUT2D eigenvalue weighted by molar-refractivity contribution is 5.69. The van der Waals surface area contributed by atoms with Gasteiger partial charge in [0.2, 0.25) is 0 Å². The van der Waals surface area contributed by atoms with Crippen molar-refractivity contribution in [2.75, 3.05) is 32.8 Å². The second-order valence-electron chi connectivity index (χ2n) is 28.4. The highest BCUT2D eigenvalue weighted by Gasteiger charge is 2.26. The number of hydrogen-bond donors (Lipinski definition) is 3. The lowest BCUT2D eigenvalue weighted by atomic mass is 9.85. The van der Waals surface area contributed by atoms with E-state index in [0.717, 1.165) is 135 Å². The van der Waals surface area contributed by atoms with Crippen LogP contribution in [0.25, 0.3) is 0 Å². The van der Waals surface area contributed by atoms with E-state index in [-0.39, 0.29) is 12.6 Å². The van der Waals surface area contributed by atoms with E-state index in [1.165, 1.54) is 257 Å². The van der Waals surface area contributed by atoms with Crippen molar-refractivity contribution in [3.05, 3.63) is 97.2 Å². The van der Waals surface area contributed by atoms with Gasteiger partial charge in [-0.15, -0.1) is 0 Å². The van der Waals surface area contributed by atoms with Crippen molar-refractivity contribution in [3.8, 4) is 0 Å². The zero-order valence-electron chi connectivity index (χ0n) is 64.6. The van der Waals surface area contributed by atoms with Crippen molar-refractivity contribution in [3.63, 3.8) is 0 Å². The molecule has 0 saturated heterocycles. The number of allylic oxidation sites excluding steroid dienone is 16. The van der Waals surface area contributed by atoms with E-state index in [1.807, 2.05) is 0 Å². The van der Waals surface area contributed by atoms with Gasteiger partial charge in [-0.05, 0) is 206 Å². The molecule has 0 radical (unpaired) electrons. The van der Waals surface area contributed by atoms with Crippen LogP contribution in [-0.2, 0) is 9.53 Å². The number of ether oxygens (including phenoxy) is 1. The van der Waals surface area contributed by atoms with Gasteiger partial charge in [-0.25, -0.2) is 0 Å². The van der Waals surface area contributed by atoms with Crippen LogP contribution in [0.5, 0.6) is 0 Å². The first kappa shape index (κ1) is 94.3. The lowest BCUT2D eigenvalue weighted by Gasteiger charge is -2.29. The molecule has 0 aliphatic carbocycles. The van der Waals surface area contributed by atoms with Gasteiger partial charge < -0.3 is 25.0 Å². The number of esters is 1. The Bertz CT molecular complexity index is 1650. The van der Waals surface area contributed by atoms with Crippen LogP contribution >= 0.6 is 0 Å². The van der Waals surface area contributed by atoms with E-state index in [4.69, 9.17) is 4.74 Å². The van der Waals surface area contributed by atoms with Crippen LogP contribution in [-0.4, -0.2) is 70.2 Å². The van der Waals surface area contributed by atoms with Crippen LogP contribution in [0.2, 0.25) is 0 Å². The van der Waals surface area contributed by atoms with Crippen LogP contribution < -0.4 is 0 Å². The Morgan fingerprint density at radius 2 is 0.516 bits per heavy atom. The zero-order valence-corrected chi connectivity index (χ0v) is 64.6. The maximum atomic E-state index is 12.2. The third-order valence-corrected chi connectivity index (χ3v) is 19.2. The number of carbonyl (C=O) groups is 1. The number of nitrogens with zero attached hydrogens (tertiary/aromatic N) is 1. The van der Waals surface area contributed by atoms with Crippen molar-refractivity contribution in [1.29, 1.82) is 0 Å². The Balaban J connectivity index is 0. The Morgan fingerprint density at radius 3 is 0.758 bits per heavy atom. The molecule has 0 fully saturated rings. The molecule has 6 nitrogen and oxygen atoms in total. The SMILES string of the molecule is CCCCC/C=C\C/C=C\CCCCCCCCC(O)(CCCCCCCC/C=C\C/C=C\CCCCC)CCCCOC(=O)CCN(CC)CC.CCCCC/C=C\C/C=C\CCCCCCCCC(O)(CCCCO)CCCCCCCC/C=C\C/C=C\CCCCC. The predicted octanol–water partition coefficient (Wildman–Crippen LogP) is 27.9. The number of rotatable bonds is 74. The largest absolute Gasteiger partial charge is 0.466 e. The lowest BCUT2D eigenvalue weighted by molar-refractivity contribution is -0.144. The van der Waals surface area contributed by atoms with Crippen LogP contribution in [0.15, 0.2) is 97.2 Å². The van der Waals surface area contributed by atoms with E-state index >= 15 is 0 Å². The molecular weight excluding hydrogens is 1160 g/mol. The highest BCUT2D eigenvalue weighted by atomic mass is 16.5. The second kappa shape index (κ2) is 80.2. The van der Waals surface area contributed by atoms with Gasteiger partial charge >= 0.3 is 5.97 Å². The van der Waals surface area contributed by atoms with Gasteiger partial charge in [0.25, 0.3) is 0 Å². The molecule has 0 heterocycles. The van der Waals surface area contributed by atoms with E-state index in [2.05, 4.69) is 144 Å². The molecule has 0 aliphatic rings. The zero-order chi connectivity index (χ0) is 69.4. The van der Waals surface area contributed by atoms with E-state index < -0.39 is 11.2 Å². The summed E-state index contributed by atoms with van der Waals surface area (Å²) in [5, 5.41) is 32.3.